The fourth-order valence-electron chi connectivity index (χ4n) is 1.34. The van der Waals surface area contributed by atoms with Gasteiger partial charge in [0.15, 0.2) is 0 Å². The van der Waals surface area contributed by atoms with Crippen LogP contribution in [0.1, 0.15) is 39.5 Å². The minimum absolute atomic E-state index is 0.498. The molecule has 0 aliphatic rings. The molecule has 0 fully saturated rings. The average molecular weight is 324 g/mol. The molecule has 110 valence electrons. The Labute approximate surface area is 123 Å². The first kappa shape index (κ1) is 17.1. The molecule has 0 aromatic carbocycles. The highest BCUT2D eigenvalue weighted by Gasteiger charge is 2.20. The first-order valence-corrected chi connectivity index (χ1v) is 10.6. The van der Waals surface area contributed by atoms with Crippen molar-refractivity contribution in [2.45, 2.75) is 39.9 Å². The van der Waals surface area contributed by atoms with E-state index in [2.05, 4.69) is 24.0 Å². The maximum Gasteiger partial charge on any atom is 0.247 e. The van der Waals surface area contributed by atoms with E-state index in [9.17, 15) is 0 Å². The molecule has 0 spiro atoms. The zero-order valence-electron chi connectivity index (χ0n) is 11.8. The molecule has 1 heterocycles. The van der Waals surface area contributed by atoms with Crippen molar-refractivity contribution in [3.63, 3.8) is 0 Å². The summed E-state index contributed by atoms with van der Waals surface area (Å²) in [5.74, 6) is 2.28. The van der Waals surface area contributed by atoms with Crippen molar-refractivity contribution in [1.29, 1.82) is 0 Å². The van der Waals surface area contributed by atoms with E-state index in [1.54, 1.807) is 0 Å². The molecule has 0 bridgehead atoms. The molecule has 0 aliphatic carbocycles. The van der Waals surface area contributed by atoms with Gasteiger partial charge in [0, 0.05) is 6.42 Å². The summed E-state index contributed by atoms with van der Waals surface area (Å²) in [6, 6.07) is 0. The largest absolute Gasteiger partial charge is 0.424 e. The maximum atomic E-state index is 5.56. The molecule has 0 aliphatic heterocycles. The van der Waals surface area contributed by atoms with Crippen LogP contribution in [0.25, 0.3) is 0 Å². The van der Waals surface area contributed by atoms with E-state index in [-0.39, 0.29) is 0 Å². The Kier molecular flexibility index (Phi) is 7.54. The van der Waals surface area contributed by atoms with Crippen LogP contribution in [-0.2, 0) is 33.0 Å². The highest BCUT2D eigenvalue weighted by atomic mass is 32.9. The minimum atomic E-state index is -2.28. The fraction of sp³-hybridized carbons (Fsp3) is 0.818. The number of rotatable bonds is 9. The highest BCUT2D eigenvalue weighted by Crippen LogP contribution is 2.61. The normalized spacial score (nSPS) is 12.3. The van der Waals surface area contributed by atoms with Crippen molar-refractivity contribution >= 4 is 28.9 Å². The van der Waals surface area contributed by atoms with E-state index in [0.717, 1.165) is 6.42 Å². The van der Waals surface area contributed by atoms with Crippen LogP contribution in [-0.4, -0.2) is 23.4 Å². The third-order valence-electron chi connectivity index (χ3n) is 2.01. The van der Waals surface area contributed by atoms with Crippen LogP contribution >= 0.6 is 17.1 Å². The van der Waals surface area contributed by atoms with E-state index < -0.39 is 5.69 Å². The molecule has 19 heavy (non-hydrogen) atoms. The molecule has 0 radical (unpaired) electrons. The van der Waals surface area contributed by atoms with Crippen LogP contribution in [0, 0.1) is 5.92 Å². The third kappa shape index (κ3) is 6.36. The summed E-state index contributed by atoms with van der Waals surface area (Å²) in [6.07, 6.45) is 0.794. The average Bonchev–Trinajstić information content (AvgIpc) is 2.74. The van der Waals surface area contributed by atoms with Crippen molar-refractivity contribution in [3.05, 3.63) is 11.8 Å². The van der Waals surface area contributed by atoms with Crippen LogP contribution in [0.15, 0.2) is 4.42 Å². The number of hydrogen-bond donors (Lipinski definition) is 0. The second-order valence-electron chi connectivity index (χ2n) is 4.24. The standard InChI is InChI=1S/C11H21N2O3PS2/c1-5-14-17(18,15-6-2)19-8-11-13-12-10(16-11)7-9(3)4/h9H,5-8H2,1-4H3. The summed E-state index contributed by atoms with van der Waals surface area (Å²) in [6.45, 7) is 9.15. The van der Waals surface area contributed by atoms with Gasteiger partial charge in [-0.1, -0.05) is 25.2 Å². The van der Waals surface area contributed by atoms with E-state index in [1.807, 2.05) is 13.8 Å². The van der Waals surface area contributed by atoms with Gasteiger partial charge in [-0.3, -0.25) is 0 Å². The van der Waals surface area contributed by atoms with Gasteiger partial charge in [-0.05, 0) is 31.6 Å². The Morgan fingerprint density at radius 1 is 1.21 bits per heavy atom. The molecule has 0 saturated heterocycles. The number of hydrogen-bond acceptors (Lipinski definition) is 7. The summed E-state index contributed by atoms with van der Waals surface area (Å²) in [4.78, 5) is 0. The summed E-state index contributed by atoms with van der Waals surface area (Å²) < 4.78 is 16.6. The number of aromatic nitrogens is 2. The van der Waals surface area contributed by atoms with Crippen molar-refractivity contribution in [1.82, 2.24) is 10.2 Å². The maximum absolute atomic E-state index is 5.56. The van der Waals surface area contributed by atoms with Gasteiger partial charge < -0.3 is 13.5 Å². The second kappa shape index (κ2) is 8.37. The lowest BCUT2D eigenvalue weighted by Gasteiger charge is -2.18. The van der Waals surface area contributed by atoms with Crippen LogP contribution in [0.4, 0.5) is 0 Å². The van der Waals surface area contributed by atoms with Crippen molar-refractivity contribution < 1.29 is 13.5 Å². The SMILES string of the molecule is CCOP(=S)(OCC)SCc1nnc(CC(C)C)o1. The molecule has 0 atom stereocenters. The molecule has 5 nitrogen and oxygen atoms in total. The Hall–Kier alpha value is 0.0600. The van der Waals surface area contributed by atoms with Crippen molar-refractivity contribution in [2.24, 2.45) is 5.92 Å². The van der Waals surface area contributed by atoms with Gasteiger partial charge in [0.2, 0.25) is 17.5 Å². The molecule has 1 aromatic heterocycles. The molecule has 0 unspecified atom stereocenters. The van der Waals surface area contributed by atoms with Crippen LogP contribution in [0.3, 0.4) is 0 Å². The third-order valence-corrected chi connectivity index (χ3v) is 7.40. The van der Waals surface area contributed by atoms with Gasteiger partial charge in [-0.15, -0.1) is 10.2 Å². The van der Waals surface area contributed by atoms with Crippen LogP contribution in [0.5, 0.6) is 0 Å². The summed E-state index contributed by atoms with van der Waals surface area (Å²) >= 11 is 6.86. The molecular formula is C11H21N2O3PS2. The lowest BCUT2D eigenvalue weighted by Crippen LogP contribution is -1.93. The zero-order chi connectivity index (χ0) is 14.3. The molecule has 1 aromatic rings. The highest BCUT2D eigenvalue weighted by molar-refractivity contribution is 8.67. The quantitative estimate of drug-likeness (QED) is 0.640. The lowest BCUT2D eigenvalue weighted by atomic mass is 10.1. The molecule has 8 heteroatoms. The van der Waals surface area contributed by atoms with Crippen LogP contribution < -0.4 is 0 Å². The molecule has 0 saturated carbocycles. The Balaban J connectivity index is 2.54. The predicted octanol–water partition coefficient (Wildman–Crippen LogP) is 3.80. The van der Waals surface area contributed by atoms with Crippen molar-refractivity contribution in [2.75, 3.05) is 13.2 Å². The molecule has 0 amide bonds. The Morgan fingerprint density at radius 2 is 1.79 bits per heavy atom. The predicted molar refractivity (Wildman–Crippen MR) is 81.7 cm³/mol. The second-order valence-corrected chi connectivity index (χ2v) is 10.6. The Bertz CT molecular complexity index is 416. The zero-order valence-corrected chi connectivity index (χ0v) is 14.3. The summed E-state index contributed by atoms with van der Waals surface area (Å²) in [5.41, 5.74) is -2.28. The number of nitrogens with zero attached hydrogens (tertiary/aromatic N) is 2. The Morgan fingerprint density at radius 3 is 2.32 bits per heavy atom. The first-order chi connectivity index (χ1) is 8.99. The van der Waals surface area contributed by atoms with E-state index in [0.29, 0.717) is 36.7 Å². The van der Waals surface area contributed by atoms with Crippen molar-refractivity contribution in [3.8, 4) is 0 Å². The summed E-state index contributed by atoms with van der Waals surface area (Å²) in [7, 11) is 0. The molecule has 1 rings (SSSR count). The molecule has 0 N–H and O–H groups in total. The topological polar surface area (TPSA) is 57.4 Å². The van der Waals surface area contributed by atoms with Gasteiger partial charge in [0.25, 0.3) is 0 Å². The smallest absolute Gasteiger partial charge is 0.247 e. The summed E-state index contributed by atoms with van der Waals surface area (Å²) in [5, 5.41) is 8.03. The fourth-order valence-corrected chi connectivity index (χ4v) is 5.57. The van der Waals surface area contributed by atoms with E-state index >= 15 is 0 Å². The van der Waals surface area contributed by atoms with Gasteiger partial charge in [-0.25, -0.2) is 0 Å². The van der Waals surface area contributed by atoms with Gasteiger partial charge >= 0.3 is 0 Å². The van der Waals surface area contributed by atoms with Gasteiger partial charge in [-0.2, -0.15) is 0 Å². The van der Waals surface area contributed by atoms with Crippen LogP contribution in [0.2, 0.25) is 0 Å². The first-order valence-electron chi connectivity index (χ1n) is 6.34. The lowest BCUT2D eigenvalue weighted by molar-refractivity contribution is 0.280. The van der Waals surface area contributed by atoms with Gasteiger partial charge in [0.05, 0.1) is 19.0 Å². The minimum Gasteiger partial charge on any atom is -0.424 e. The monoisotopic (exact) mass is 324 g/mol. The van der Waals surface area contributed by atoms with Gasteiger partial charge in [0.1, 0.15) is 0 Å². The van der Waals surface area contributed by atoms with E-state index in [1.165, 1.54) is 11.4 Å². The van der Waals surface area contributed by atoms with E-state index in [4.69, 9.17) is 25.3 Å². The molecular weight excluding hydrogens is 303 g/mol.